The van der Waals surface area contributed by atoms with E-state index in [1.165, 1.54) is 5.56 Å². The zero-order valence-electron chi connectivity index (χ0n) is 11.6. The fraction of sp³-hybridized carbons (Fsp3) is 0.250. The lowest BCUT2D eigenvalue weighted by atomic mass is 10.2. The number of amides is 1. The van der Waals surface area contributed by atoms with Crippen molar-refractivity contribution < 1.29 is 4.79 Å². The smallest absolute Gasteiger partial charge is 0.274 e. The second-order valence-electron chi connectivity index (χ2n) is 4.54. The molecule has 0 fully saturated rings. The quantitative estimate of drug-likeness (QED) is 0.793. The van der Waals surface area contributed by atoms with E-state index in [2.05, 4.69) is 22.5 Å². The molecule has 0 bridgehead atoms. The molecule has 2 aromatic rings. The lowest BCUT2D eigenvalue weighted by molar-refractivity contribution is 0.102. The number of anilines is 1. The number of benzene rings is 1. The lowest BCUT2D eigenvalue weighted by Gasteiger charge is -2.07. The van der Waals surface area contributed by atoms with Crippen molar-refractivity contribution >= 4 is 11.6 Å². The highest BCUT2D eigenvalue weighted by molar-refractivity contribution is 6.02. The van der Waals surface area contributed by atoms with E-state index >= 15 is 0 Å². The zero-order valence-corrected chi connectivity index (χ0v) is 11.6. The molecule has 0 atom stereocenters. The Kier molecular flexibility index (Phi) is 5.26. The van der Waals surface area contributed by atoms with Crippen molar-refractivity contribution in [2.24, 2.45) is 0 Å². The molecule has 4 heteroatoms. The Balaban J connectivity index is 1.92. The fourth-order valence-electron chi connectivity index (χ4n) is 1.81. The maximum absolute atomic E-state index is 11.9. The Hall–Kier alpha value is -2.20. The monoisotopic (exact) mass is 269 g/mol. The summed E-state index contributed by atoms with van der Waals surface area (Å²) in [5.41, 5.74) is 2.40. The van der Waals surface area contributed by atoms with Crippen molar-refractivity contribution in [1.82, 2.24) is 10.3 Å². The number of carbonyl (C=O) groups excluding carboxylic acids is 1. The van der Waals surface area contributed by atoms with Gasteiger partial charge in [0.2, 0.25) is 0 Å². The topological polar surface area (TPSA) is 54.0 Å². The van der Waals surface area contributed by atoms with Crippen molar-refractivity contribution in [1.29, 1.82) is 0 Å². The van der Waals surface area contributed by atoms with Gasteiger partial charge >= 0.3 is 0 Å². The first-order valence-corrected chi connectivity index (χ1v) is 6.81. The zero-order chi connectivity index (χ0) is 14.2. The Bertz CT molecular complexity index is 537. The van der Waals surface area contributed by atoms with Gasteiger partial charge in [-0.1, -0.05) is 25.1 Å². The van der Waals surface area contributed by atoms with Crippen LogP contribution in [0.1, 0.15) is 29.4 Å². The van der Waals surface area contributed by atoms with Gasteiger partial charge < -0.3 is 10.6 Å². The van der Waals surface area contributed by atoms with Crippen LogP contribution >= 0.6 is 0 Å². The molecule has 104 valence electrons. The SMILES string of the molecule is CCCNCc1ccc(NC(=O)c2ccccn2)cc1. The molecular formula is C16H19N3O. The van der Waals surface area contributed by atoms with Gasteiger partial charge in [-0.2, -0.15) is 0 Å². The second kappa shape index (κ2) is 7.40. The van der Waals surface area contributed by atoms with Crippen molar-refractivity contribution in [3.05, 3.63) is 59.9 Å². The first-order chi connectivity index (χ1) is 9.79. The molecule has 0 aliphatic heterocycles. The second-order valence-corrected chi connectivity index (χ2v) is 4.54. The minimum atomic E-state index is -0.192. The van der Waals surface area contributed by atoms with Gasteiger partial charge in [0, 0.05) is 18.4 Å². The molecular weight excluding hydrogens is 250 g/mol. The van der Waals surface area contributed by atoms with Crippen LogP contribution in [-0.2, 0) is 6.54 Å². The average Bonchev–Trinajstić information content (AvgIpc) is 2.50. The summed E-state index contributed by atoms with van der Waals surface area (Å²) in [4.78, 5) is 15.9. The average molecular weight is 269 g/mol. The maximum atomic E-state index is 11.9. The molecule has 2 rings (SSSR count). The third-order valence-electron chi connectivity index (χ3n) is 2.87. The van der Waals surface area contributed by atoms with Gasteiger partial charge in [-0.05, 0) is 42.8 Å². The number of nitrogens with one attached hydrogen (secondary N) is 2. The summed E-state index contributed by atoms with van der Waals surface area (Å²) < 4.78 is 0. The first-order valence-electron chi connectivity index (χ1n) is 6.81. The molecule has 20 heavy (non-hydrogen) atoms. The molecule has 0 saturated carbocycles. The molecule has 0 spiro atoms. The van der Waals surface area contributed by atoms with E-state index in [1.807, 2.05) is 24.3 Å². The molecule has 0 saturated heterocycles. The van der Waals surface area contributed by atoms with Crippen LogP contribution in [0.4, 0.5) is 5.69 Å². The van der Waals surface area contributed by atoms with E-state index in [1.54, 1.807) is 24.4 Å². The molecule has 1 aromatic carbocycles. The van der Waals surface area contributed by atoms with Crippen LogP contribution in [0.15, 0.2) is 48.7 Å². The molecule has 4 nitrogen and oxygen atoms in total. The van der Waals surface area contributed by atoms with Gasteiger partial charge in [0.25, 0.3) is 5.91 Å². The largest absolute Gasteiger partial charge is 0.321 e. The van der Waals surface area contributed by atoms with Crippen LogP contribution in [0.3, 0.4) is 0 Å². The number of rotatable bonds is 6. The summed E-state index contributed by atoms with van der Waals surface area (Å²) in [6.45, 7) is 4.00. The van der Waals surface area contributed by atoms with E-state index in [0.29, 0.717) is 5.69 Å². The highest BCUT2D eigenvalue weighted by atomic mass is 16.1. The number of hydrogen-bond donors (Lipinski definition) is 2. The van der Waals surface area contributed by atoms with Gasteiger partial charge in [0.1, 0.15) is 5.69 Å². The van der Waals surface area contributed by atoms with E-state index in [4.69, 9.17) is 0 Å². The van der Waals surface area contributed by atoms with Crippen molar-refractivity contribution in [2.45, 2.75) is 19.9 Å². The van der Waals surface area contributed by atoms with Gasteiger partial charge in [0.05, 0.1) is 0 Å². The molecule has 0 unspecified atom stereocenters. The highest BCUT2D eigenvalue weighted by Gasteiger charge is 2.06. The molecule has 1 aromatic heterocycles. The van der Waals surface area contributed by atoms with E-state index in [-0.39, 0.29) is 5.91 Å². The summed E-state index contributed by atoms with van der Waals surface area (Å²) in [6, 6.07) is 13.1. The maximum Gasteiger partial charge on any atom is 0.274 e. The number of aromatic nitrogens is 1. The molecule has 2 N–H and O–H groups in total. The first kappa shape index (κ1) is 14.2. The fourth-order valence-corrected chi connectivity index (χ4v) is 1.81. The summed E-state index contributed by atoms with van der Waals surface area (Å²) in [5, 5.41) is 6.17. The van der Waals surface area contributed by atoms with Gasteiger partial charge in [0.15, 0.2) is 0 Å². The number of pyridine rings is 1. The van der Waals surface area contributed by atoms with Gasteiger partial charge in [-0.15, -0.1) is 0 Å². The van der Waals surface area contributed by atoms with Crippen LogP contribution in [0.25, 0.3) is 0 Å². The number of hydrogen-bond acceptors (Lipinski definition) is 3. The summed E-state index contributed by atoms with van der Waals surface area (Å²) in [6.07, 6.45) is 2.73. The van der Waals surface area contributed by atoms with Crippen molar-refractivity contribution in [3.8, 4) is 0 Å². The minimum absolute atomic E-state index is 0.192. The minimum Gasteiger partial charge on any atom is -0.321 e. The summed E-state index contributed by atoms with van der Waals surface area (Å²) in [5.74, 6) is -0.192. The Morgan fingerprint density at radius 3 is 2.60 bits per heavy atom. The predicted octanol–water partition coefficient (Wildman–Crippen LogP) is 2.83. The summed E-state index contributed by atoms with van der Waals surface area (Å²) >= 11 is 0. The van der Waals surface area contributed by atoms with Crippen LogP contribution in [0.5, 0.6) is 0 Å². The highest BCUT2D eigenvalue weighted by Crippen LogP contribution is 2.10. The summed E-state index contributed by atoms with van der Waals surface area (Å²) in [7, 11) is 0. The normalized spacial score (nSPS) is 10.2. The van der Waals surface area contributed by atoms with Crippen molar-refractivity contribution in [2.75, 3.05) is 11.9 Å². The van der Waals surface area contributed by atoms with Gasteiger partial charge in [-0.25, -0.2) is 0 Å². The Labute approximate surface area is 119 Å². The van der Waals surface area contributed by atoms with Crippen LogP contribution in [0.2, 0.25) is 0 Å². The molecule has 0 aliphatic carbocycles. The van der Waals surface area contributed by atoms with Crippen molar-refractivity contribution in [3.63, 3.8) is 0 Å². The predicted molar refractivity (Wildman–Crippen MR) is 80.6 cm³/mol. The van der Waals surface area contributed by atoms with E-state index in [9.17, 15) is 4.79 Å². The third kappa shape index (κ3) is 4.17. The molecule has 1 amide bonds. The van der Waals surface area contributed by atoms with E-state index in [0.717, 1.165) is 25.2 Å². The molecule has 1 heterocycles. The standard InChI is InChI=1S/C16H19N3O/c1-2-10-17-12-13-6-8-14(9-7-13)19-16(20)15-5-3-4-11-18-15/h3-9,11,17H,2,10,12H2,1H3,(H,19,20). The molecule has 0 aliphatic rings. The lowest BCUT2D eigenvalue weighted by Crippen LogP contribution is -2.14. The van der Waals surface area contributed by atoms with Gasteiger partial charge in [-0.3, -0.25) is 9.78 Å². The van der Waals surface area contributed by atoms with E-state index < -0.39 is 0 Å². The molecule has 0 radical (unpaired) electrons. The van der Waals surface area contributed by atoms with Crippen LogP contribution in [0, 0.1) is 0 Å². The Morgan fingerprint density at radius 2 is 1.95 bits per heavy atom. The van der Waals surface area contributed by atoms with Crippen LogP contribution < -0.4 is 10.6 Å². The number of carbonyl (C=O) groups is 1. The third-order valence-corrected chi connectivity index (χ3v) is 2.87. The number of nitrogens with zero attached hydrogens (tertiary/aromatic N) is 1. The Morgan fingerprint density at radius 1 is 1.15 bits per heavy atom. The van der Waals surface area contributed by atoms with Crippen LogP contribution in [-0.4, -0.2) is 17.4 Å².